The normalized spacial score (nSPS) is 9.05. The summed E-state index contributed by atoms with van der Waals surface area (Å²) in [6, 6.07) is 7.64. The Bertz CT molecular complexity index is 489. The van der Waals surface area contributed by atoms with Crippen molar-refractivity contribution in [2.24, 2.45) is 5.73 Å². The molecule has 0 amide bonds. The number of aryl methyl sites for hydroxylation is 1. The summed E-state index contributed by atoms with van der Waals surface area (Å²) in [5.41, 5.74) is 13.8. The van der Waals surface area contributed by atoms with E-state index in [1.165, 1.54) is 0 Å². The van der Waals surface area contributed by atoms with Crippen LogP contribution < -0.4 is 11.5 Å². The van der Waals surface area contributed by atoms with E-state index in [1.807, 2.05) is 35.1 Å². The molecule has 1 aromatic carbocycles. The Morgan fingerprint density at radius 1 is 1.10 bits per heavy atom. The van der Waals surface area contributed by atoms with Crippen LogP contribution in [0, 0.1) is 0 Å². The van der Waals surface area contributed by atoms with E-state index >= 15 is 0 Å². The summed E-state index contributed by atoms with van der Waals surface area (Å²) < 4.78 is 1.84. The molecule has 4 N–H and O–H groups in total. The van der Waals surface area contributed by atoms with E-state index in [0.29, 0.717) is 0 Å². The van der Waals surface area contributed by atoms with Gasteiger partial charge in [-0.3, -0.25) is 4.68 Å². The number of halogens is 3. The van der Waals surface area contributed by atoms with Crippen LogP contribution in [0.15, 0.2) is 30.5 Å². The molecule has 1 heterocycles. The van der Waals surface area contributed by atoms with Crippen LogP contribution in [0.5, 0.6) is 0 Å². The maximum Gasteiger partial charge on any atom is 0.113 e. The average molecular weight is 341 g/mol. The third-order valence-corrected chi connectivity index (χ3v) is 2.56. The Morgan fingerprint density at radius 3 is 2.50 bits per heavy atom. The molecule has 0 spiro atoms. The Labute approximate surface area is 137 Å². The highest BCUT2D eigenvalue weighted by molar-refractivity contribution is 5.86. The van der Waals surface area contributed by atoms with Crippen LogP contribution in [-0.2, 0) is 6.54 Å². The molecule has 0 saturated heterocycles. The number of rotatable bonds is 5. The molecule has 0 saturated carbocycles. The van der Waals surface area contributed by atoms with Gasteiger partial charge >= 0.3 is 0 Å². The molecule has 20 heavy (non-hydrogen) atoms. The zero-order chi connectivity index (χ0) is 12.1. The second kappa shape index (κ2) is 10.7. The fourth-order valence-electron chi connectivity index (χ4n) is 1.66. The van der Waals surface area contributed by atoms with Crippen LogP contribution in [0.4, 0.5) is 5.69 Å². The van der Waals surface area contributed by atoms with Gasteiger partial charge in [-0.05, 0) is 31.5 Å². The van der Waals surface area contributed by atoms with Gasteiger partial charge in [0, 0.05) is 17.8 Å². The van der Waals surface area contributed by atoms with Gasteiger partial charge in [0.1, 0.15) is 5.69 Å². The first-order chi connectivity index (χ1) is 8.29. The molecule has 0 radical (unpaired) electrons. The number of nitrogen functional groups attached to an aromatic ring is 1. The Morgan fingerprint density at radius 2 is 1.85 bits per heavy atom. The van der Waals surface area contributed by atoms with Gasteiger partial charge in [0.2, 0.25) is 0 Å². The van der Waals surface area contributed by atoms with E-state index < -0.39 is 0 Å². The number of nitrogens with two attached hydrogens (primary N) is 2. The van der Waals surface area contributed by atoms with Crippen molar-refractivity contribution in [3.8, 4) is 11.3 Å². The third kappa shape index (κ3) is 5.96. The second-order valence-corrected chi connectivity index (χ2v) is 3.99. The van der Waals surface area contributed by atoms with Crippen LogP contribution in [-0.4, -0.2) is 21.5 Å². The summed E-state index contributed by atoms with van der Waals surface area (Å²) in [4.78, 5) is 0. The highest BCUT2D eigenvalue weighted by atomic mass is 35.5. The topological polar surface area (TPSA) is 82.8 Å². The van der Waals surface area contributed by atoms with Gasteiger partial charge in [0.05, 0.1) is 6.20 Å². The first kappa shape index (κ1) is 21.3. The maximum atomic E-state index is 5.73. The summed E-state index contributed by atoms with van der Waals surface area (Å²) in [6.45, 7) is 1.57. The van der Waals surface area contributed by atoms with Crippen molar-refractivity contribution in [1.29, 1.82) is 0 Å². The molecular formula is C12H20Cl3N5. The van der Waals surface area contributed by atoms with Crippen LogP contribution >= 0.6 is 37.2 Å². The number of anilines is 1. The molecule has 114 valence electrons. The number of nitrogens with zero attached hydrogens (tertiary/aromatic N) is 3. The van der Waals surface area contributed by atoms with Crippen molar-refractivity contribution in [3.63, 3.8) is 0 Å². The van der Waals surface area contributed by atoms with Crippen molar-refractivity contribution in [2.45, 2.75) is 19.4 Å². The standard InChI is InChI=1S/C12H17N5.3ClH/c13-6-1-2-7-17-9-12(15-16-17)10-4-3-5-11(14)8-10;;;/h3-5,8-9H,1-2,6-7,13-14H2;3*1H. The summed E-state index contributed by atoms with van der Waals surface area (Å²) in [5, 5.41) is 8.21. The Kier molecular flexibility index (Phi) is 11.4. The fraction of sp³-hybridized carbons (Fsp3) is 0.333. The molecule has 0 aliphatic carbocycles. The third-order valence-electron chi connectivity index (χ3n) is 2.56. The summed E-state index contributed by atoms with van der Waals surface area (Å²) in [6.07, 6.45) is 3.97. The lowest BCUT2D eigenvalue weighted by molar-refractivity contribution is 0.544. The summed E-state index contributed by atoms with van der Waals surface area (Å²) in [7, 11) is 0. The fourth-order valence-corrected chi connectivity index (χ4v) is 1.66. The minimum Gasteiger partial charge on any atom is -0.399 e. The van der Waals surface area contributed by atoms with E-state index in [0.717, 1.165) is 42.9 Å². The molecule has 0 atom stereocenters. The predicted molar refractivity (Wildman–Crippen MR) is 89.9 cm³/mol. The monoisotopic (exact) mass is 339 g/mol. The summed E-state index contributed by atoms with van der Waals surface area (Å²) >= 11 is 0. The first-order valence-corrected chi connectivity index (χ1v) is 5.75. The molecule has 0 unspecified atom stereocenters. The van der Waals surface area contributed by atoms with Gasteiger partial charge in [-0.2, -0.15) is 0 Å². The largest absolute Gasteiger partial charge is 0.399 e. The number of benzene rings is 1. The van der Waals surface area contributed by atoms with Crippen molar-refractivity contribution in [2.75, 3.05) is 12.3 Å². The molecule has 2 aromatic rings. The smallest absolute Gasteiger partial charge is 0.113 e. The van der Waals surface area contributed by atoms with Crippen LogP contribution in [0.3, 0.4) is 0 Å². The zero-order valence-electron chi connectivity index (χ0n) is 10.9. The van der Waals surface area contributed by atoms with E-state index in [2.05, 4.69) is 10.3 Å². The molecule has 0 aliphatic heterocycles. The predicted octanol–water partition coefficient (Wildman–Crippen LogP) is 2.53. The molecular weight excluding hydrogens is 321 g/mol. The van der Waals surface area contributed by atoms with Gasteiger partial charge in [-0.15, -0.1) is 42.3 Å². The first-order valence-electron chi connectivity index (χ1n) is 5.75. The van der Waals surface area contributed by atoms with Crippen molar-refractivity contribution < 1.29 is 0 Å². The molecule has 0 aliphatic rings. The minimum atomic E-state index is 0. The number of aromatic nitrogens is 3. The highest BCUT2D eigenvalue weighted by Gasteiger charge is 2.03. The van der Waals surface area contributed by atoms with Gasteiger partial charge in [0.25, 0.3) is 0 Å². The quantitative estimate of drug-likeness (QED) is 0.647. The second-order valence-electron chi connectivity index (χ2n) is 3.99. The SMILES string of the molecule is Cl.Cl.Cl.NCCCCn1cc(-c2cccc(N)c2)nn1. The van der Waals surface area contributed by atoms with E-state index in [1.54, 1.807) is 0 Å². The van der Waals surface area contributed by atoms with Crippen molar-refractivity contribution in [1.82, 2.24) is 15.0 Å². The summed E-state index contributed by atoms with van der Waals surface area (Å²) in [5.74, 6) is 0. The van der Waals surface area contributed by atoms with Crippen molar-refractivity contribution in [3.05, 3.63) is 30.5 Å². The van der Waals surface area contributed by atoms with Crippen molar-refractivity contribution >= 4 is 42.9 Å². The molecule has 2 rings (SSSR count). The van der Waals surface area contributed by atoms with Gasteiger partial charge in [-0.25, -0.2) is 0 Å². The van der Waals surface area contributed by atoms with Crippen LogP contribution in [0.25, 0.3) is 11.3 Å². The lowest BCUT2D eigenvalue weighted by Crippen LogP contribution is -2.03. The Hall–Kier alpha value is -1.01. The Balaban J connectivity index is 0. The zero-order valence-corrected chi connectivity index (χ0v) is 13.4. The minimum absolute atomic E-state index is 0. The van der Waals surface area contributed by atoms with E-state index in [-0.39, 0.29) is 37.2 Å². The van der Waals surface area contributed by atoms with Crippen LogP contribution in [0.1, 0.15) is 12.8 Å². The average Bonchev–Trinajstić information content (AvgIpc) is 2.78. The van der Waals surface area contributed by atoms with Crippen LogP contribution in [0.2, 0.25) is 0 Å². The van der Waals surface area contributed by atoms with E-state index in [4.69, 9.17) is 11.5 Å². The van der Waals surface area contributed by atoms with E-state index in [9.17, 15) is 0 Å². The van der Waals surface area contributed by atoms with Gasteiger partial charge in [0.15, 0.2) is 0 Å². The molecule has 0 fully saturated rings. The maximum absolute atomic E-state index is 5.73. The molecule has 5 nitrogen and oxygen atoms in total. The van der Waals surface area contributed by atoms with Gasteiger partial charge < -0.3 is 11.5 Å². The number of hydrogen-bond donors (Lipinski definition) is 2. The molecule has 0 bridgehead atoms. The lowest BCUT2D eigenvalue weighted by atomic mass is 10.1. The molecule has 8 heteroatoms. The number of hydrogen-bond acceptors (Lipinski definition) is 4. The lowest BCUT2D eigenvalue weighted by Gasteiger charge is -1.98. The highest BCUT2D eigenvalue weighted by Crippen LogP contribution is 2.18. The number of unbranched alkanes of at least 4 members (excludes halogenated alkanes) is 1. The molecule has 1 aromatic heterocycles. The van der Waals surface area contributed by atoms with Gasteiger partial charge in [-0.1, -0.05) is 17.3 Å².